The van der Waals surface area contributed by atoms with Crippen LogP contribution in [0.15, 0.2) is 42.5 Å². The monoisotopic (exact) mass is 413 g/mol. The second-order valence-electron chi connectivity index (χ2n) is 6.65. The quantitative estimate of drug-likeness (QED) is 0.609. The SMILES string of the molecule is Cc1cc(N2CCCC2)nc(Nc2ccc(NC(=O)c3ccc(Cl)s3)cc2)n1. The number of aryl methyl sites for hydroxylation is 1. The Morgan fingerprint density at radius 1 is 1.07 bits per heavy atom. The molecule has 0 saturated carbocycles. The molecule has 0 spiro atoms. The van der Waals surface area contributed by atoms with Gasteiger partial charge in [0.1, 0.15) is 5.82 Å². The van der Waals surface area contributed by atoms with Crippen LogP contribution in [0.2, 0.25) is 4.34 Å². The average Bonchev–Trinajstić information content (AvgIpc) is 3.35. The van der Waals surface area contributed by atoms with Gasteiger partial charge in [-0.15, -0.1) is 11.3 Å². The van der Waals surface area contributed by atoms with Crippen molar-refractivity contribution in [3.05, 3.63) is 57.4 Å². The van der Waals surface area contributed by atoms with Crippen LogP contribution in [0, 0.1) is 6.92 Å². The molecule has 0 unspecified atom stereocenters. The largest absolute Gasteiger partial charge is 0.356 e. The minimum absolute atomic E-state index is 0.171. The number of nitrogens with one attached hydrogen (secondary N) is 2. The number of benzene rings is 1. The van der Waals surface area contributed by atoms with Crippen molar-refractivity contribution >= 4 is 52.0 Å². The lowest BCUT2D eigenvalue weighted by molar-refractivity contribution is 0.103. The van der Waals surface area contributed by atoms with Crippen LogP contribution in [0.25, 0.3) is 0 Å². The molecule has 3 aromatic rings. The highest BCUT2D eigenvalue weighted by Crippen LogP contribution is 2.24. The van der Waals surface area contributed by atoms with E-state index in [1.165, 1.54) is 24.2 Å². The van der Waals surface area contributed by atoms with Gasteiger partial charge in [0.05, 0.1) is 9.21 Å². The molecule has 1 amide bonds. The van der Waals surface area contributed by atoms with Gasteiger partial charge < -0.3 is 15.5 Å². The molecule has 3 heterocycles. The summed E-state index contributed by atoms with van der Waals surface area (Å²) in [5.41, 5.74) is 2.50. The van der Waals surface area contributed by atoms with E-state index in [1.807, 2.05) is 37.3 Å². The molecule has 1 aromatic carbocycles. The van der Waals surface area contributed by atoms with E-state index in [0.29, 0.717) is 20.8 Å². The summed E-state index contributed by atoms with van der Waals surface area (Å²) < 4.78 is 0.594. The van der Waals surface area contributed by atoms with E-state index < -0.39 is 0 Å². The first kappa shape index (κ1) is 18.7. The van der Waals surface area contributed by atoms with Crippen molar-refractivity contribution in [1.29, 1.82) is 0 Å². The standard InChI is InChI=1S/C20H20ClN5OS/c1-13-12-18(26-10-2-3-11-26)25-20(22-13)24-15-6-4-14(5-7-15)23-19(27)16-8-9-17(21)28-16/h4-9,12H,2-3,10-11H2,1H3,(H,23,27)(H,22,24,25). The fraction of sp³-hybridized carbons (Fsp3) is 0.250. The number of thiophene rings is 1. The van der Waals surface area contributed by atoms with Crippen LogP contribution in [-0.4, -0.2) is 29.0 Å². The van der Waals surface area contributed by atoms with Crippen LogP contribution in [0.4, 0.5) is 23.1 Å². The van der Waals surface area contributed by atoms with Crippen LogP contribution in [-0.2, 0) is 0 Å². The number of carbonyl (C=O) groups excluding carboxylic acids is 1. The topological polar surface area (TPSA) is 70.2 Å². The predicted octanol–water partition coefficient (Wildman–Crippen LogP) is 5.10. The Labute approximate surface area is 172 Å². The first-order valence-corrected chi connectivity index (χ1v) is 10.3. The lowest BCUT2D eigenvalue weighted by Gasteiger charge is -2.17. The molecule has 0 atom stereocenters. The van der Waals surface area contributed by atoms with E-state index in [2.05, 4.69) is 25.5 Å². The van der Waals surface area contributed by atoms with Gasteiger partial charge in [0.25, 0.3) is 5.91 Å². The van der Waals surface area contributed by atoms with Gasteiger partial charge in [-0.25, -0.2) is 4.98 Å². The summed E-state index contributed by atoms with van der Waals surface area (Å²) in [7, 11) is 0. The zero-order chi connectivity index (χ0) is 19.5. The van der Waals surface area contributed by atoms with E-state index in [4.69, 9.17) is 11.6 Å². The third-order valence-electron chi connectivity index (χ3n) is 4.47. The Hall–Kier alpha value is -2.64. The van der Waals surface area contributed by atoms with Gasteiger partial charge in [0, 0.05) is 36.2 Å². The molecule has 1 fully saturated rings. The molecule has 1 aliphatic rings. The van der Waals surface area contributed by atoms with Gasteiger partial charge in [-0.2, -0.15) is 4.98 Å². The zero-order valence-corrected chi connectivity index (χ0v) is 17.0. The summed E-state index contributed by atoms with van der Waals surface area (Å²) >= 11 is 7.14. The third kappa shape index (κ3) is 4.43. The molecule has 144 valence electrons. The summed E-state index contributed by atoms with van der Waals surface area (Å²) in [6.07, 6.45) is 2.41. The molecular formula is C20H20ClN5OS. The second-order valence-corrected chi connectivity index (χ2v) is 8.36. The molecule has 4 rings (SSSR count). The van der Waals surface area contributed by atoms with Crippen molar-refractivity contribution in [2.45, 2.75) is 19.8 Å². The second kappa shape index (κ2) is 8.16. The van der Waals surface area contributed by atoms with E-state index in [0.717, 1.165) is 30.3 Å². The first-order chi connectivity index (χ1) is 13.6. The van der Waals surface area contributed by atoms with Crippen LogP contribution >= 0.6 is 22.9 Å². The Morgan fingerprint density at radius 2 is 1.79 bits per heavy atom. The van der Waals surface area contributed by atoms with Crippen molar-refractivity contribution in [2.24, 2.45) is 0 Å². The maximum absolute atomic E-state index is 12.2. The summed E-state index contributed by atoms with van der Waals surface area (Å²) in [6.45, 7) is 4.06. The minimum atomic E-state index is -0.171. The molecule has 28 heavy (non-hydrogen) atoms. The maximum atomic E-state index is 12.2. The molecule has 1 saturated heterocycles. The van der Waals surface area contributed by atoms with E-state index in [9.17, 15) is 4.79 Å². The van der Waals surface area contributed by atoms with Gasteiger partial charge in [0.2, 0.25) is 5.95 Å². The van der Waals surface area contributed by atoms with E-state index >= 15 is 0 Å². The Morgan fingerprint density at radius 3 is 2.46 bits per heavy atom. The van der Waals surface area contributed by atoms with Crippen LogP contribution in [0.3, 0.4) is 0 Å². The highest BCUT2D eigenvalue weighted by molar-refractivity contribution is 7.18. The molecule has 2 N–H and O–H groups in total. The van der Waals surface area contributed by atoms with E-state index in [-0.39, 0.29) is 5.91 Å². The van der Waals surface area contributed by atoms with Crippen LogP contribution in [0.5, 0.6) is 0 Å². The molecule has 0 radical (unpaired) electrons. The van der Waals surface area contributed by atoms with Crippen molar-refractivity contribution in [2.75, 3.05) is 28.6 Å². The van der Waals surface area contributed by atoms with Crippen LogP contribution < -0.4 is 15.5 Å². The summed E-state index contributed by atoms with van der Waals surface area (Å²) in [5, 5.41) is 6.11. The first-order valence-electron chi connectivity index (χ1n) is 9.11. The fourth-order valence-corrected chi connectivity index (χ4v) is 4.05. The Bertz CT molecular complexity index is 983. The molecule has 6 nitrogen and oxygen atoms in total. The molecule has 1 aliphatic heterocycles. The Balaban J connectivity index is 1.43. The predicted molar refractivity (Wildman–Crippen MR) is 115 cm³/mol. The summed E-state index contributed by atoms with van der Waals surface area (Å²) in [6, 6.07) is 12.9. The lowest BCUT2D eigenvalue weighted by Crippen LogP contribution is -2.19. The molecule has 0 bridgehead atoms. The number of rotatable bonds is 5. The van der Waals surface area contributed by atoms with Gasteiger partial charge in [0.15, 0.2) is 0 Å². The summed E-state index contributed by atoms with van der Waals surface area (Å²) in [4.78, 5) is 24.2. The molecule has 2 aromatic heterocycles. The van der Waals surface area contributed by atoms with Crippen LogP contribution in [0.1, 0.15) is 28.2 Å². The lowest BCUT2D eigenvalue weighted by atomic mass is 10.2. The normalized spacial score (nSPS) is 13.6. The van der Waals surface area contributed by atoms with Gasteiger partial charge in [-0.3, -0.25) is 4.79 Å². The number of halogens is 1. The number of aromatic nitrogens is 2. The van der Waals surface area contributed by atoms with Crippen molar-refractivity contribution < 1.29 is 4.79 Å². The number of nitrogens with zero attached hydrogens (tertiary/aromatic N) is 3. The number of anilines is 4. The maximum Gasteiger partial charge on any atom is 0.265 e. The number of amides is 1. The van der Waals surface area contributed by atoms with Crippen molar-refractivity contribution in [3.8, 4) is 0 Å². The number of hydrogen-bond donors (Lipinski definition) is 2. The van der Waals surface area contributed by atoms with Gasteiger partial charge in [-0.05, 0) is 56.2 Å². The zero-order valence-electron chi connectivity index (χ0n) is 15.4. The highest BCUT2D eigenvalue weighted by Gasteiger charge is 2.15. The minimum Gasteiger partial charge on any atom is -0.356 e. The molecule has 0 aliphatic carbocycles. The summed E-state index contributed by atoms with van der Waals surface area (Å²) in [5.74, 6) is 1.37. The van der Waals surface area contributed by atoms with Crippen molar-refractivity contribution in [1.82, 2.24) is 9.97 Å². The van der Waals surface area contributed by atoms with Crippen molar-refractivity contribution in [3.63, 3.8) is 0 Å². The fourth-order valence-electron chi connectivity index (χ4n) is 3.11. The smallest absolute Gasteiger partial charge is 0.265 e. The third-order valence-corrected chi connectivity index (χ3v) is 5.70. The number of carbonyl (C=O) groups is 1. The number of hydrogen-bond acceptors (Lipinski definition) is 6. The highest BCUT2D eigenvalue weighted by atomic mass is 35.5. The Kier molecular flexibility index (Phi) is 5.45. The molecular weight excluding hydrogens is 394 g/mol. The van der Waals surface area contributed by atoms with Gasteiger partial charge >= 0.3 is 0 Å². The van der Waals surface area contributed by atoms with Gasteiger partial charge in [-0.1, -0.05) is 11.6 Å². The van der Waals surface area contributed by atoms with E-state index in [1.54, 1.807) is 12.1 Å². The molecule has 8 heteroatoms. The average molecular weight is 414 g/mol.